The molecule has 1 atom stereocenters. The molecule has 3 N–H and O–H groups in total. The van der Waals surface area contributed by atoms with Crippen molar-refractivity contribution in [3.8, 4) is 0 Å². The lowest BCUT2D eigenvalue weighted by molar-refractivity contribution is 0.0515. The van der Waals surface area contributed by atoms with Crippen LogP contribution in [0.5, 0.6) is 0 Å². The summed E-state index contributed by atoms with van der Waals surface area (Å²) in [6.07, 6.45) is 1.49. The molecule has 0 aliphatic carbocycles. The maximum Gasteiger partial charge on any atom is 0.254 e. The average Bonchev–Trinajstić information content (AvgIpc) is 2.37. The second-order valence-corrected chi connectivity index (χ2v) is 4.59. The molecule has 1 aliphatic rings. The normalized spacial score (nSPS) is 21.0. The van der Waals surface area contributed by atoms with E-state index in [1.165, 1.54) is 12.3 Å². The Morgan fingerprint density at radius 3 is 3.00 bits per heavy atom. The van der Waals surface area contributed by atoms with Gasteiger partial charge in [0.2, 0.25) is 5.56 Å². The van der Waals surface area contributed by atoms with Gasteiger partial charge in [-0.3, -0.25) is 9.59 Å². The minimum Gasteiger partial charge on any atom is -0.332 e. The lowest BCUT2D eigenvalue weighted by Gasteiger charge is -2.39. The van der Waals surface area contributed by atoms with E-state index < -0.39 is 0 Å². The lowest BCUT2D eigenvalue weighted by Crippen LogP contribution is -2.56. The van der Waals surface area contributed by atoms with E-state index in [1.807, 2.05) is 7.05 Å². The number of hydrogen-bond acceptors (Lipinski definition) is 4. The summed E-state index contributed by atoms with van der Waals surface area (Å²) in [6.45, 7) is 2.67. The van der Waals surface area contributed by atoms with Crippen molar-refractivity contribution in [3.63, 3.8) is 0 Å². The number of likely N-dealkylation sites (N-methyl/N-ethyl adjacent to an activating group) is 1. The smallest absolute Gasteiger partial charge is 0.254 e. The van der Waals surface area contributed by atoms with Gasteiger partial charge in [-0.1, -0.05) is 0 Å². The molecule has 2 rings (SSSR count). The van der Waals surface area contributed by atoms with E-state index in [0.29, 0.717) is 18.7 Å². The third-order valence-electron chi connectivity index (χ3n) is 3.24. The molecule has 18 heavy (non-hydrogen) atoms. The molecule has 6 nitrogen and oxygen atoms in total. The summed E-state index contributed by atoms with van der Waals surface area (Å²) in [5, 5.41) is 0. The maximum atomic E-state index is 12.3. The third kappa shape index (κ3) is 2.60. The van der Waals surface area contributed by atoms with Crippen molar-refractivity contribution >= 4 is 5.91 Å². The molecule has 0 radical (unpaired) electrons. The summed E-state index contributed by atoms with van der Waals surface area (Å²) in [5.74, 6) is -0.121. The van der Waals surface area contributed by atoms with Gasteiger partial charge in [0.1, 0.15) is 0 Å². The molecule has 0 aromatic carbocycles. The van der Waals surface area contributed by atoms with Crippen LogP contribution >= 0.6 is 0 Å². The van der Waals surface area contributed by atoms with Crippen molar-refractivity contribution in [1.82, 2.24) is 14.8 Å². The maximum absolute atomic E-state index is 12.3. The van der Waals surface area contributed by atoms with Crippen LogP contribution in [-0.4, -0.2) is 60.0 Å². The van der Waals surface area contributed by atoms with Gasteiger partial charge in [0.25, 0.3) is 5.91 Å². The molecule has 1 fully saturated rings. The summed E-state index contributed by atoms with van der Waals surface area (Å²) in [5.41, 5.74) is 5.87. The van der Waals surface area contributed by atoms with Gasteiger partial charge in [0.05, 0.1) is 6.04 Å². The monoisotopic (exact) mass is 250 g/mol. The van der Waals surface area contributed by atoms with E-state index in [1.54, 1.807) is 11.0 Å². The van der Waals surface area contributed by atoms with Gasteiger partial charge >= 0.3 is 0 Å². The molecule has 1 saturated heterocycles. The lowest BCUT2D eigenvalue weighted by atomic mass is 10.1. The number of hydrogen-bond donors (Lipinski definition) is 2. The van der Waals surface area contributed by atoms with Crippen LogP contribution in [0, 0.1) is 0 Å². The van der Waals surface area contributed by atoms with Crippen molar-refractivity contribution in [2.75, 3.05) is 33.2 Å². The van der Waals surface area contributed by atoms with Gasteiger partial charge in [0.15, 0.2) is 0 Å². The second kappa shape index (κ2) is 5.32. The van der Waals surface area contributed by atoms with Crippen LogP contribution in [0.4, 0.5) is 0 Å². The summed E-state index contributed by atoms with van der Waals surface area (Å²) in [4.78, 5) is 30.0. The highest BCUT2D eigenvalue weighted by Gasteiger charge is 2.28. The number of pyridine rings is 1. The first kappa shape index (κ1) is 12.8. The average molecular weight is 250 g/mol. The molecule has 0 saturated carbocycles. The summed E-state index contributed by atoms with van der Waals surface area (Å²) >= 11 is 0. The summed E-state index contributed by atoms with van der Waals surface area (Å²) < 4.78 is 0. The van der Waals surface area contributed by atoms with E-state index in [9.17, 15) is 9.59 Å². The number of nitrogens with zero attached hydrogens (tertiary/aromatic N) is 2. The Morgan fingerprint density at radius 1 is 1.56 bits per heavy atom. The van der Waals surface area contributed by atoms with Crippen LogP contribution in [-0.2, 0) is 0 Å². The third-order valence-corrected chi connectivity index (χ3v) is 3.24. The van der Waals surface area contributed by atoms with E-state index in [2.05, 4.69) is 9.88 Å². The molecule has 1 aliphatic heterocycles. The van der Waals surface area contributed by atoms with Crippen LogP contribution in [0.3, 0.4) is 0 Å². The van der Waals surface area contributed by atoms with Crippen LogP contribution in [0.15, 0.2) is 23.1 Å². The minimum atomic E-state index is -0.265. The Morgan fingerprint density at radius 2 is 2.33 bits per heavy atom. The van der Waals surface area contributed by atoms with E-state index >= 15 is 0 Å². The molecule has 98 valence electrons. The van der Waals surface area contributed by atoms with Gasteiger partial charge in [-0.15, -0.1) is 0 Å². The predicted molar refractivity (Wildman–Crippen MR) is 68.4 cm³/mol. The quantitative estimate of drug-likeness (QED) is 0.712. The SMILES string of the molecule is CN1CCN(C(=O)c2cc[nH]c(=O)c2)C(CN)C1. The number of carbonyl (C=O) groups is 1. The summed E-state index contributed by atoms with van der Waals surface area (Å²) in [7, 11) is 2.01. The highest BCUT2D eigenvalue weighted by Crippen LogP contribution is 2.11. The van der Waals surface area contributed by atoms with Crippen molar-refractivity contribution < 1.29 is 4.79 Å². The predicted octanol–water partition coefficient (Wildman–Crippen LogP) is -0.910. The fourth-order valence-electron chi connectivity index (χ4n) is 2.22. The second-order valence-electron chi connectivity index (χ2n) is 4.59. The summed E-state index contributed by atoms with van der Waals surface area (Å²) in [6, 6.07) is 2.96. The zero-order valence-electron chi connectivity index (χ0n) is 10.4. The van der Waals surface area contributed by atoms with Crippen LogP contribution in [0.25, 0.3) is 0 Å². The Balaban J connectivity index is 2.20. The van der Waals surface area contributed by atoms with E-state index in [4.69, 9.17) is 5.73 Å². The number of nitrogens with one attached hydrogen (secondary N) is 1. The van der Waals surface area contributed by atoms with Crippen molar-refractivity contribution in [2.45, 2.75) is 6.04 Å². The Bertz CT molecular complexity index is 485. The fourth-order valence-corrected chi connectivity index (χ4v) is 2.22. The Hall–Kier alpha value is -1.66. The van der Waals surface area contributed by atoms with Crippen molar-refractivity contribution in [2.24, 2.45) is 5.73 Å². The zero-order valence-corrected chi connectivity index (χ0v) is 10.4. The number of nitrogens with two attached hydrogens (primary N) is 1. The number of amides is 1. The van der Waals surface area contributed by atoms with Gasteiger partial charge in [-0.25, -0.2) is 0 Å². The number of carbonyl (C=O) groups excluding carboxylic acids is 1. The molecular weight excluding hydrogens is 232 g/mol. The van der Waals surface area contributed by atoms with Crippen molar-refractivity contribution in [1.29, 1.82) is 0 Å². The number of aromatic amines is 1. The first-order chi connectivity index (χ1) is 8.61. The molecule has 2 heterocycles. The molecule has 0 bridgehead atoms. The first-order valence-electron chi connectivity index (χ1n) is 6.00. The number of H-pyrrole nitrogens is 1. The number of rotatable bonds is 2. The Labute approximate surface area is 105 Å². The molecular formula is C12H18N4O2. The van der Waals surface area contributed by atoms with Gasteiger partial charge in [-0.2, -0.15) is 0 Å². The minimum absolute atomic E-state index is 0.00976. The molecule has 1 amide bonds. The highest BCUT2D eigenvalue weighted by atomic mass is 16.2. The number of aromatic nitrogens is 1. The molecule has 6 heteroatoms. The van der Waals surface area contributed by atoms with Gasteiger partial charge in [-0.05, 0) is 13.1 Å². The van der Waals surface area contributed by atoms with Crippen LogP contribution in [0.2, 0.25) is 0 Å². The van der Waals surface area contributed by atoms with Crippen LogP contribution < -0.4 is 11.3 Å². The van der Waals surface area contributed by atoms with Gasteiger partial charge in [0, 0.05) is 44.0 Å². The standard InChI is InChI=1S/C12H18N4O2/c1-15-4-5-16(10(7-13)8-15)12(18)9-2-3-14-11(17)6-9/h2-3,6,10H,4-5,7-8,13H2,1H3,(H,14,17). The topological polar surface area (TPSA) is 82.4 Å². The van der Waals surface area contributed by atoms with E-state index in [0.717, 1.165) is 13.1 Å². The molecule has 1 unspecified atom stereocenters. The highest BCUT2D eigenvalue weighted by molar-refractivity contribution is 5.94. The first-order valence-corrected chi connectivity index (χ1v) is 6.00. The number of piperazine rings is 1. The van der Waals surface area contributed by atoms with Crippen molar-refractivity contribution in [3.05, 3.63) is 34.2 Å². The zero-order chi connectivity index (χ0) is 13.1. The fraction of sp³-hybridized carbons (Fsp3) is 0.500. The van der Waals surface area contributed by atoms with E-state index in [-0.39, 0.29) is 17.5 Å². The van der Waals surface area contributed by atoms with Crippen LogP contribution in [0.1, 0.15) is 10.4 Å². The largest absolute Gasteiger partial charge is 0.332 e. The molecule has 1 aromatic rings. The molecule has 1 aromatic heterocycles. The van der Waals surface area contributed by atoms with Gasteiger partial charge < -0.3 is 20.5 Å². The Kier molecular flexibility index (Phi) is 3.78. The molecule has 0 spiro atoms.